The number of ketones is 2. The van der Waals surface area contributed by atoms with E-state index < -0.39 is 11.9 Å². The van der Waals surface area contributed by atoms with Gasteiger partial charge in [0.05, 0.1) is 15.4 Å². The van der Waals surface area contributed by atoms with E-state index in [-0.39, 0.29) is 24.5 Å². The Kier molecular flexibility index (Phi) is 8.12. The van der Waals surface area contributed by atoms with E-state index in [1.54, 1.807) is 0 Å². The molecule has 0 aromatic heterocycles. The average Bonchev–Trinajstić information content (AvgIpc) is 2.86. The largest absolute Gasteiger partial charge is 0.487 e. The van der Waals surface area contributed by atoms with Crippen molar-refractivity contribution in [3.63, 3.8) is 0 Å². The monoisotopic (exact) mass is 661 g/mol. The molecule has 2 aliphatic carbocycles. The number of rotatable bonds is 7. The second-order valence-corrected chi connectivity index (χ2v) is 11.9. The van der Waals surface area contributed by atoms with Crippen LogP contribution in [-0.2, 0) is 21.0 Å². The lowest BCUT2D eigenvalue weighted by atomic mass is 9.71. The Hall–Kier alpha value is -2.42. The van der Waals surface area contributed by atoms with Crippen LogP contribution in [0.3, 0.4) is 0 Å². The number of aliphatic carboxylic acids is 1. The summed E-state index contributed by atoms with van der Waals surface area (Å²) in [7, 11) is 0. The molecule has 0 unspecified atom stereocenters. The van der Waals surface area contributed by atoms with Crippen molar-refractivity contribution in [2.24, 2.45) is 0 Å². The molecule has 1 heterocycles. The molecule has 5 rings (SSSR count). The van der Waals surface area contributed by atoms with Crippen LogP contribution in [0.4, 0.5) is 0 Å². The number of Topliss-reactive ketones (excluding diaryl/α,β-unsaturated/α-hetero) is 2. The Labute approximate surface area is 242 Å². The molecule has 1 N–H and O–H groups in total. The summed E-state index contributed by atoms with van der Waals surface area (Å²) in [6.45, 7) is 0.574. The van der Waals surface area contributed by atoms with Gasteiger partial charge in [-0.2, -0.15) is 0 Å². The van der Waals surface area contributed by atoms with Crippen molar-refractivity contribution in [3.8, 4) is 5.75 Å². The van der Waals surface area contributed by atoms with Gasteiger partial charge in [0.1, 0.15) is 12.4 Å². The van der Waals surface area contributed by atoms with Crippen molar-refractivity contribution < 1.29 is 24.2 Å². The van der Waals surface area contributed by atoms with Crippen molar-refractivity contribution in [1.82, 2.24) is 4.90 Å². The minimum atomic E-state index is -0.901. The summed E-state index contributed by atoms with van der Waals surface area (Å²) in [6.07, 6.45) is 3.58. The Balaban J connectivity index is 1.57. The van der Waals surface area contributed by atoms with Gasteiger partial charge in [0.25, 0.3) is 0 Å². The van der Waals surface area contributed by atoms with Gasteiger partial charge >= 0.3 is 5.97 Å². The lowest BCUT2D eigenvalue weighted by Crippen LogP contribution is -2.39. The van der Waals surface area contributed by atoms with E-state index in [0.29, 0.717) is 76.0 Å². The molecule has 2 aromatic rings. The predicted molar refractivity (Wildman–Crippen MR) is 151 cm³/mol. The van der Waals surface area contributed by atoms with Crippen LogP contribution < -0.4 is 4.74 Å². The van der Waals surface area contributed by atoms with Gasteiger partial charge in [-0.15, -0.1) is 0 Å². The fourth-order valence-corrected chi connectivity index (χ4v) is 7.36. The van der Waals surface area contributed by atoms with E-state index in [0.717, 1.165) is 22.5 Å². The summed E-state index contributed by atoms with van der Waals surface area (Å²) in [5, 5.41) is 10.0. The van der Waals surface area contributed by atoms with E-state index in [1.807, 2.05) is 41.3 Å². The lowest BCUT2D eigenvalue weighted by molar-refractivity contribution is -0.137. The molecule has 0 atom stereocenters. The van der Waals surface area contributed by atoms with Gasteiger partial charge in [-0.3, -0.25) is 14.4 Å². The van der Waals surface area contributed by atoms with Crippen molar-refractivity contribution in [1.29, 1.82) is 0 Å². The van der Waals surface area contributed by atoms with Crippen molar-refractivity contribution in [2.45, 2.75) is 57.5 Å². The van der Waals surface area contributed by atoms with Crippen LogP contribution in [0.5, 0.6) is 5.75 Å². The third-order valence-corrected chi connectivity index (χ3v) is 8.68. The van der Waals surface area contributed by atoms with Crippen LogP contribution in [0.1, 0.15) is 62.0 Å². The fourth-order valence-electron chi connectivity index (χ4n) is 5.69. The molecule has 0 amide bonds. The molecular formula is C29H26Br2ClNO5. The number of benzene rings is 2. The van der Waals surface area contributed by atoms with Crippen molar-refractivity contribution >= 4 is 61.0 Å². The van der Waals surface area contributed by atoms with E-state index in [1.165, 1.54) is 0 Å². The minimum absolute atomic E-state index is 0.0232. The highest BCUT2D eigenvalue weighted by Crippen LogP contribution is 2.50. The number of hydrogen-bond donors (Lipinski definition) is 1. The fraction of sp³-hybridized carbons (Fsp3) is 0.345. The van der Waals surface area contributed by atoms with E-state index in [2.05, 4.69) is 31.9 Å². The number of carbonyl (C=O) groups is 3. The highest BCUT2D eigenvalue weighted by atomic mass is 79.9. The van der Waals surface area contributed by atoms with Crippen molar-refractivity contribution in [3.05, 3.63) is 84.0 Å². The SMILES string of the molecule is O=C(O)CCN1C2=C(C(=O)CCC2)C(c2cc(Br)c(OCc3cccc(Cl)c3)c(Br)c2)C2=C1CCCC2=O. The third-order valence-electron chi connectivity index (χ3n) is 7.26. The number of nitrogens with zero attached hydrogens (tertiary/aromatic N) is 1. The van der Waals surface area contributed by atoms with Crippen molar-refractivity contribution in [2.75, 3.05) is 6.54 Å². The molecule has 9 heteroatoms. The van der Waals surface area contributed by atoms with Crippen LogP contribution in [0.15, 0.2) is 67.9 Å². The van der Waals surface area contributed by atoms with Gasteiger partial charge in [-0.05, 0) is 92.9 Å². The Morgan fingerprint density at radius 1 is 0.974 bits per heavy atom. The first-order chi connectivity index (χ1) is 18.2. The molecule has 6 nitrogen and oxygen atoms in total. The van der Waals surface area contributed by atoms with Crippen LogP contribution in [-0.4, -0.2) is 34.1 Å². The molecule has 198 valence electrons. The van der Waals surface area contributed by atoms with E-state index in [9.17, 15) is 19.5 Å². The molecule has 1 aliphatic heterocycles. The van der Waals surface area contributed by atoms with Gasteiger partial charge in [0.2, 0.25) is 0 Å². The molecule has 3 aliphatic rings. The lowest BCUT2D eigenvalue weighted by Gasteiger charge is -2.44. The van der Waals surface area contributed by atoms with Gasteiger partial charge in [-0.25, -0.2) is 0 Å². The summed E-state index contributed by atoms with van der Waals surface area (Å²) in [4.78, 5) is 40.2. The topological polar surface area (TPSA) is 83.9 Å². The highest BCUT2D eigenvalue weighted by molar-refractivity contribution is 9.11. The first-order valence-corrected chi connectivity index (χ1v) is 14.6. The molecule has 2 aromatic carbocycles. The van der Waals surface area contributed by atoms with Gasteiger partial charge < -0.3 is 14.7 Å². The zero-order chi connectivity index (χ0) is 27.0. The van der Waals surface area contributed by atoms with Crippen LogP contribution in [0, 0.1) is 0 Å². The number of allylic oxidation sites excluding steroid dienone is 4. The highest BCUT2D eigenvalue weighted by Gasteiger charge is 2.43. The molecule has 0 saturated heterocycles. The first kappa shape index (κ1) is 27.2. The number of ether oxygens (including phenoxy) is 1. The Morgan fingerprint density at radius 2 is 1.58 bits per heavy atom. The maximum Gasteiger partial charge on any atom is 0.305 e. The van der Waals surface area contributed by atoms with E-state index >= 15 is 0 Å². The summed E-state index contributed by atoms with van der Waals surface area (Å²) in [6, 6.07) is 11.3. The number of carboxylic acid groups (broad SMARTS) is 1. The summed E-state index contributed by atoms with van der Waals surface area (Å²) < 4.78 is 7.51. The maximum absolute atomic E-state index is 13.4. The van der Waals surface area contributed by atoms with Crippen LogP contribution in [0.2, 0.25) is 5.02 Å². The molecule has 0 spiro atoms. The standard InChI is InChI=1S/C29H26Br2ClNO5/c30-19-13-17(14-20(31)29(19)38-15-16-4-1-5-18(32)12-16)26-27-21(6-2-8-23(27)34)33(11-10-25(36)37)22-7-3-9-24(35)28(22)26/h1,4-5,12-14,26H,2-3,6-11,15H2,(H,36,37). The Morgan fingerprint density at radius 3 is 2.13 bits per heavy atom. The molecule has 0 bridgehead atoms. The van der Waals surface area contributed by atoms with E-state index in [4.69, 9.17) is 16.3 Å². The Bertz CT molecular complexity index is 1330. The summed E-state index contributed by atoms with van der Waals surface area (Å²) in [5.74, 6) is -0.732. The molecule has 0 radical (unpaired) electrons. The molecule has 0 saturated carbocycles. The number of carboxylic acids is 1. The third kappa shape index (κ3) is 5.36. The van der Waals surface area contributed by atoms with Crippen LogP contribution in [0.25, 0.3) is 0 Å². The quantitative estimate of drug-likeness (QED) is 0.334. The zero-order valence-electron chi connectivity index (χ0n) is 20.6. The molecular weight excluding hydrogens is 638 g/mol. The number of carbonyl (C=O) groups excluding carboxylic acids is 2. The first-order valence-electron chi connectivity index (χ1n) is 12.6. The summed E-state index contributed by atoms with van der Waals surface area (Å²) in [5.41, 5.74) is 4.74. The number of halogens is 3. The summed E-state index contributed by atoms with van der Waals surface area (Å²) >= 11 is 13.4. The minimum Gasteiger partial charge on any atom is -0.487 e. The maximum atomic E-state index is 13.4. The van der Waals surface area contributed by atoms with Crippen LogP contribution >= 0.6 is 43.5 Å². The molecule has 38 heavy (non-hydrogen) atoms. The zero-order valence-corrected chi connectivity index (χ0v) is 24.5. The second-order valence-electron chi connectivity index (χ2n) is 9.73. The predicted octanol–water partition coefficient (Wildman–Crippen LogP) is 7.33. The molecule has 0 fully saturated rings. The normalized spacial score (nSPS) is 18.0. The smallest absolute Gasteiger partial charge is 0.305 e. The van der Waals surface area contributed by atoms with Gasteiger partial charge in [0, 0.05) is 52.9 Å². The second kappa shape index (κ2) is 11.4. The van der Waals surface area contributed by atoms with Gasteiger partial charge in [0.15, 0.2) is 11.6 Å². The number of hydrogen-bond acceptors (Lipinski definition) is 5. The van der Waals surface area contributed by atoms with Gasteiger partial charge in [-0.1, -0.05) is 23.7 Å². The average molecular weight is 664 g/mol.